The van der Waals surface area contributed by atoms with Gasteiger partial charge in [0.05, 0.1) is 35.6 Å². The quantitative estimate of drug-likeness (QED) is 0.382. The van der Waals surface area contributed by atoms with Crippen LogP contribution in [0.4, 0.5) is 11.4 Å². The van der Waals surface area contributed by atoms with Gasteiger partial charge in [0.1, 0.15) is 12.3 Å². The van der Waals surface area contributed by atoms with Crippen LogP contribution in [0.25, 0.3) is 0 Å². The minimum Gasteiger partial charge on any atom is -0.495 e. The van der Waals surface area contributed by atoms with E-state index in [0.29, 0.717) is 18.9 Å². The Bertz CT molecular complexity index is 1310. The lowest BCUT2D eigenvalue weighted by Crippen LogP contribution is -2.38. The molecule has 3 aromatic carbocycles. The molecule has 0 radical (unpaired) electrons. The van der Waals surface area contributed by atoms with E-state index in [1.807, 2.05) is 6.92 Å². The molecule has 0 bridgehead atoms. The topological polar surface area (TPSA) is 114 Å². The third-order valence-corrected chi connectivity index (χ3v) is 7.03. The zero-order valence-corrected chi connectivity index (χ0v) is 21.2. The predicted octanol–water partition coefficient (Wildman–Crippen LogP) is 3.21. The number of carbonyl (C=O) groups excluding carboxylic acids is 2. The van der Waals surface area contributed by atoms with E-state index in [0.717, 1.165) is 9.87 Å². The summed E-state index contributed by atoms with van der Waals surface area (Å²) in [5.74, 6) is -0.724. The van der Waals surface area contributed by atoms with E-state index in [4.69, 9.17) is 9.47 Å². The van der Waals surface area contributed by atoms with Gasteiger partial charge in [-0.3, -0.25) is 13.9 Å². The van der Waals surface area contributed by atoms with Crippen molar-refractivity contribution in [1.82, 2.24) is 5.32 Å². The number of hydrogen-bond donors (Lipinski definition) is 2. The summed E-state index contributed by atoms with van der Waals surface area (Å²) in [4.78, 5) is 25.8. The van der Waals surface area contributed by atoms with E-state index in [1.54, 1.807) is 60.7 Å². The Hall–Kier alpha value is -3.89. The molecule has 0 aromatic heterocycles. The molecule has 10 heteroatoms. The number of methoxy groups -OCH3 is 2. The summed E-state index contributed by atoms with van der Waals surface area (Å²) in [6.07, 6.45) is 0. The second kappa shape index (κ2) is 12.2. The van der Waals surface area contributed by atoms with Gasteiger partial charge in [0.2, 0.25) is 5.91 Å². The van der Waals surface area contributed by atoms with Crippen LogP contribution in [0.5, 0.6) is 5.75 Å². The zero-order valence-electron chi connectivity index (χ0n) is 20.4. The number of rotatable bonds is 11. The van der Waals surface area contributed by atoms with E-state index in [9.17, 15) is 18.0 Å². The molecule has 0 spiro atoms. The van der Waals surface area contributed by atoms with E-state index in [-0.39, 0.29) is 21.8 Å². The maximum absolute atomic E-state index is 13.6. The molecule has 0 atom stereocenters. The predicted molar refractivity (Wildman–Crippen MR) is 138 cm³/mol. The molecule has 3 aromatic rings. The van der Waals surface area contributed by atoms with E-state index in [1.165, 1.54) is 26.4 Å². The first-order chi connectivity index (χ1) is 17.3. The average molecular weight is 512 g/mol. The molecule has 0 heterocycles. The molecule has 0 saturated heterocycles. The highest BCUT2D eigenvalue weighted by Gasteiger charge is 2.30. The Morgan fingerprint density at radius 2 is 1.64 bits per heavy atom. The molecule has 9 nitrogen and oxygen atoms in total. The number of hydrogen-bond acceptors (Lipinski definition) is 6. The van der Waals surface area contributed by atoms with Crippen LogP contribution in [0.2, 0.25) is 0 Å². The Kier molecular flexibility index (Phi) is 9.04. The lowest BCUT2D eigenvalue weighted by molar-refractivity contribution is -0.114. The summed E-state index contributed by atoms with van der Waals surface area (Å²) in [6, 6.07) is 19.4. The number of carbonyl (C=O) groups is 2. The standard InChI is InChI=1S/C26H29N3O6S/c1-19-13-14-24(35-3)23(17-19)29(36(32,33)20-9-5-4-6-10-20)18-25(30)28-22-12-8-7-11-21(22)26(31)27-15-16-34-2/h4-14,17H,15-16,18H2,1-3H3,(H,27,31)(H,28,30). The summed E-state index contributed by atoms with van der Waals surface area (Å²) >= 11 is 0. The van der Waals surface area contributed by atoms with E-state index in [2.05, 4.69) is 10.6 Å². The third-order valence-electron chi connectivity index (χ3n) is 5.26. The average Bonchev–Trinajstić information content (AvgIpc) is 2.88. The molecule has 190 valence electrons. The van der Waals surface area contributed by atoms with Crippen LogP contribution < -0.4 is 19.7 Å². The van der Waals surface area contributed by atoms with Crippen LogP contribution in [-0.4, -0.2) is 54.1 Å². The third kappa shape index (κ3) is 6.41. The van der Waals surface area contributed by atoms with Crippen molar-refractivity contribution in [3.05, 3.63) is 83.9 Å². The van der Waals surface area contributed by atoms with Gasteiger partial charge in [-0.25, -0.2) is 8.42 Å². The van der Waals surface area contributed by atoms with Crippen molar-refractivity contribution >= 4 is 33.2 Å². The van der Waals surface area contributed by atoms with Crippen molar-refractivity contribution in [2.24, 2.45) is 0 Å². The van der Waals surface area contributed by atoms with Crippen molar-refractivity contribution in [1.29, 1.82) is 0 Å². The number of amides is 2. The molecule has 2 N–H and O–H groups in total. The molecular weight excluding hydrogens is 482 g/mol. The van der Waals surface area contributed by atoms with Gasteiger partial charge in [-0.2, -0.15) is 0 Å². The van der Waals surface area contributed by atoms with Crippen molar-refractivity contribution in [3.8, 4) is 5.75 Å². The Morgan fingerprint density at radius 3 is 2.33 bits per heavy atom. The summed E-state index contributed by atoms with van der Waals surface area (Å²) in [6.45, 7) is 1.91. The fourth-order valence-electron chi connectivity index (χ4n) is 3.49. The maximum atomic E-state index is 13.6. The van der Waals surface area contributed by atoms with Crippen LogP contribution in [0.3, 0.4) is 0 Å². The maximum Gasteiger partial charge on any atom is 0.264 e. The molecular formula is C26H29N3O6S. The smallest absolute Gasteiger partial charge is 0.264 e. The van der Waals surface area contributed by atoms with Crippen LogP contribution >= 0.6 is 0 Å². The minimum atomic E-state index is -4.13. The summed E-state index contributed by atoms with van der Waals surface area (Å²) in [5.41, 5.74) is 1.51. The minimum absolute atomic E-state index is 0.0271. The Labute approximate surface area is 211 Å². The number of para-hydroxylation sites is 1. The van der Waals surface area contributed by atoms with Crippen molar-refractivity contribution in [3.63, 3.8) is 0 Å². The first-order valence-corrected chi connectivity index (χ1v) is 12.6. The first-order valence-electron chi connectivity index (χ1n) is 11.2. The van der Waals surface area contributed by atoms with Crippen molar-refractivity contribution in [2.45, 2.75) is 11.8 Å². The highest BCUT2D eigenvalue weighted by Crippen LogP contribution is 2.33. The molecule has 0 unspecified atom stereocenters. The van der Waals surface area contributed by atoms with Gasteiger partial charge in [0.15, 0.2) is 0 Å². The number of sulfonamides is 1. The highest BCUT2D eigenvalue weighted by molar-refractivity contribution is 7.92. The highest BCUT2D eigenvalue weighted by atomic mass is 32.2. The lowest BCUT2D eigenvalue weighted by atomic mass is 10.1. The van der Waals surface area contributed by atoms with E-state index < -0.39 is 28.4 Å². The SMILES string of the molecule is COCCNC(=O)c1ccccc1NC(=O)CN(c1cc(C)ccc1OC)S(=O)(=O)c1ccccc1. The van der Waals surface area contributed by atoms with Gasteiger partial charge in [-0.05, 0) is 48.9 Å². The summed E-state index contributed by atoms with van der Waals surface area (Å²) < 4.78 is 38.6. The van der Waals surface area contributed by atoms with E-state index >= 15 is 0 Å². The summed E-state index contributed by atoms with van der Waals surface area (Å²) in [5, 5.41) is 5.39. The zero-order chi connectivity index (χ0) is 26.1. The van der Waals surface area contributed by atoms with Crippen LogP contribution in [-0.2, 0) is 19.6 Å². The molecule has 3 rings (SSSR count). The number of anilines is 2. The van der Waals surface area contributed by atoms with Gasteiger partial charge >= 0.3 is 0 Å². The van der Waals surface area contributed by atoms with Crippen molar-refractivity contribution < 1.29 is 27.5 Å². The van der Waals surface area contributed by atoms with Gasteiger partial charge in [-0.15, -0.1) is 0 Å². The monoisotopic (exact) mass is 511 g/mol. The van der Waals surface area contributed by atoms with Gasteiger partial charge < -0.3 is 20.1 Å². The normalized spacial score (nSPS) is 11.0. The molecule has 0 aliphatic carbocycles. The second-order valence-corrected chi connectivity index (χ2v) is 9.70. The molecule has 36 heavy (non-hydrogen) atoms. The number of ether oxygens (including phenoxy) is 2. The van der Waals surface area contributed by atoms with Gasteiger partial charge in [0, 0.05) is 13.7 Å². The fourth-order valence-corrected chi connectivity index (χ4v) is 4.93. The Morgan fingerprint density at radius 1 is 0.944 bits per heavy atom. The van der Waals surface area contributed by atoms with Crippen LogP contribution in [0.15, 0.2) is 77.7 Å². The summed E-state index contributed by atoms with van der Waals surface area (Å²) in [7, 11) is -1.18. The van der Waals surface area contributed by atoms with Crippen LogP contribution in [0, 0.1) is 6.92 Å². The van der Waals surface area contributed by atoms with Crippen LogP contribution in [0.1, 0.15) is 15.9 Å². The first kappa shape index (κ1) is 26.7. The molecule has 0 saturated carbocycles. The molecule has 0 aliphatic heterocycles. The molecule has 0 aliphatic rings. The number of nitrogens with zero attached hydrogens (tertiary/aromatic N) is 1. The van der Waals surface area contributed by atoms with Gasteiger partial charge in [-0.1, -0.05) is 36.4 Å². The number of aryl methyl sites for hydroxylation is 1. The second-order valence-electron chi connectivity index (χ2n) is 7.84. The number of nitrogens with one attached hydrogen (secondary N) is 2. The largest absolute Gasteiger partial charge is 0.495 e. The number of benzene rings is 3. The molecule has 0 fully saturated rings. The fraction of sp³-hybridized carbons (Fsp3) is 0.231. The lowest BCUT2D eigenvalue weighted by Gasteiger charge is -2.26. The molecule has 2 amide bonds. The van der Waals surface area contributed by atoms with Crippen molar-refractivity contribution in [2.75, 3.05) is 43.5 Å². The Balaban J connectivity index is 1.95. The van der Waals surface area contributed by atoms with Gasteiger partial charge in [0.25, 0.3) is 15.9 Å².